The maximum atomic E-state index is 15.0. The van der Waals surface area contributed by atoms with E-state index in [1.165, 1.54) is 23.1 Å². The summed E-state index contributed by atoms with van der Waals surface area (Å²) in [4.78, 5) is 29.4. The van der Waals surface area contributed by atoms with Gasteiger partial charge in [-0.05, 0) is 49.2 Å². The van der Waals surface area contributed by atoms with Gasteiger partial charge in [-0.2, -0.15) is 0 Å². The Morgan fingerprint density at radius 3 is 2.13 bits per heavy atom. The van der Waals surface area contributed by atoms with Crippen molar-refractivity contribution in [3.05, 3.63) is 126 Å². The van der Waals surface area contributed by atoms with Crippen molar-refractivity contribution in [1.29, 1.82) is 0 Å². The topological polar surface area (TPSA) is 96.0 Å². The van der Waals surface area contributed by atoms with Crippen LogP contribution in [0, 0.1) is 5.82 Å². The van der Waals surface area contributed by atoms with Gasteiger partial charge in [0, 0.05) is 25.1 Å². The van der Waals surface area contributed by atoms with Crippen LogP contribution in [0.3, 0.4) is 0 Å². The van der Waals surface area contributed by atoms with Gasteiger partial charge in [0.25, 0.3) is 10.0 Å². The SMILES string of the molecule is CCCNC(=O)C(Cc1ccccc1)N(Cc1ccccc1F)C(=O)CN(c1ccccc1OCC)S(=O)(=O)c1ccccc1. The van der Waals surface area contributed by atoms with Crippen LogP contribution in [0.4, 0.5) is 10.1 Å². The molecule has 0 aliphatic rings. The molecule has 0 fully saturated rings. The van der Waals surface area contributed by atoms with Gasteiger partial charge in [-0.15, -0.1) is 0 Å². The second-order valence-corrected chi connectivity index (χ2v) is 12.2. The van der Waals surface area contributed by atoms with Crippen LogP contribution in [0.5, 0.6) is 5.75 Å². The Kier molecular flexibility index (Phi) is 11.7. The molecule has 2 amide bonds. The summed E-state index contributed by atoms with van der Waals surface area (Å²) in [6.07, 6.45) is 0.805. The van der Waals surface area contributed by atoms with Crippen LogP contribution in [0.25, 0.3) is 0 Å². The zero-order valence-corrected chi connectivity index (χ0v) is 26.3. The third-order valence-electron chi connectivity index (χ3n) is 7.16. The van der Waals surface area contributed by atoms with Gasteiger partial charge in [0.1, 0.15) is 24.2 Å². The van der Waals surface area contributed by atoms with Gasteiger partial charge >= 0.3 is 0 Å². The lowest BCUT2D eigenvalue weighted by atomic mass is 10.0. The van der Waals surface area contributed by atoms with E-state index in [4.69, 9.17) is 4.74 Å². The monoisotopic (exact) mass is 631 g/mol. The molecule has 45 heavy (non-hydrogen) atoms. The van der Waals surface area contributed by atoms with Crippen molar-refractivity contribution in [1.82, 2.24) is 10.2 Å². The number of sulfonamides is 1. The second kappa shape index (κ2) is 15.9. The van der Waals surface area contributed by atoms with E-state index < -0.39 is 40.2 Å². The molecule has 236 valence electrons. The first-order valence-electron chi connectivity index (χ1n) is 14.9. The van der Waals surface area contributed by atoms with Crippen molar-refractivity contribution in [2.45, 2.75) is 44.2 Å². The van der Waals surface area contributed by atoms with Gasteiger partial charge in [-0.1, -0.05) is 85.8 Å². The zero-order valence-electron chi connectivity index (χ0n) is 25.4. The molecule has 0 aliphatic heterocycles. The van der Waals surface area contributed by atoms with Crippen LogP contribution in [0.2, 0.25) is 0 Å². The fraction of sp³-hybridized carbons (Fsp3) is 0.257. The molecule has 0 saturated carbocycles. The normalized spacial score (nSPS) is 11.8. The first-order valence-corrected chi connectivity index (χ1v) is 16.3. The number of benzene rings is 4. The van der Waals surface area contributed by atoms with Crippen LogP contribution < -0.4 is 14.4 Å². The molecule has 10 heteroatoms. The highest BCUT2D eigenvalue weighted by Crippen LogP contribution is 2.33. The molecule has 1 unspecified atom stereocenters. The summed E-state index contributed by atoms with van der Waals surface area (Å²) in [5, 5.41) is 2.88. The highest BCUT2D eigenvalue weighted by molar-refractivity contribution is 7.92. The third-order valence-corrected chi connectivity index (χ3v) is 8.94. The molecular weight excluding hydrogens is 593 g/mol. The maximum absolute atomic E-state index is 15.0. The van der Waals surface area contributed by atoms with Crippen molar-refractivity contribution in [3.8, 4) is 5.75 Å². The average Bonchev–Trinajstić information content (AvgIpc) is 3.06. The average molecular weight is 632 g/mol. The summed E-state index contributed by atoms with van der Waals surface area (Å²) in [6, 6.07) is 28.5. The number of nitrogens with one attached hydrogen (secondary N) is 1. The number of halogens is 1. The number of nitrogens with zero attached hydrogens (tertiary/aromatic N) is 2. The standard InChI is InChI=1S/C35H38FN3O5S/c1-3-23-37-35(41)32(24-27-15-7-5-8-16-27)38(25-28-17-11-12-20-30(28)36)34(40)26-39(31-21-13-14-22-33(31)44-4-2)45(42,43)29-18-9-6-10-19-29/h5-22,32H,3-4,23-26H2,1-2H3,(H,37,41). The largest absolute Gasteiger partial charge is 0.492 e. The molecule has 1 N–H and O–H groups in total. The van der Waals surface area contributed by atoms with Crippen molar-refractivity contribution in [3.63, 3.8) is 0 Å². The molecule has 1 atom stereocenters. The summed E-state index contributed by atoms with van der Waals surface area (Å²) in [7, 11) is -4.29. The smallest absolute Gasteiger partial charge is 0.264 e. The van der Waals surface area contributed by atoms with Crippen molar-refractivity contribution < 1.29 is 27.1 Å². The van der Waals surface area contributed by atoms with Gasteiger partial charge in [0.05, 0.1) is 17.2 Å². The third kappa shape index (κ3) is 8.48. The number of carbonyl (C=O) groups is 2. The minimum atomic E-state index is -4.29. The molecule has 0 saturated heterocycles. The lowest BCUT2D eigenvalue weighted by Gasteiger charge is -2.34. The molecule has 0 aromatic heterocycles. The summed E-state index contributed by atoms with van der Waals surface area (Å²) < 4.78 is 50.1. The van der Waals surface area contributed by atoms with E-state index >= 15 is 4.39 Å². The lowest BCUT2D eigenvalue weighted by molar-refractivity contribution is -0.140. The number of para-hydroxylation sites is 2. The number of carbonyl (C=O) groups excluding carboxylic acids is 2. The number of amides is 2. The van der Waals surface area contributed by atoms with E-state index in [0.717, 1.165) is 9.87 Å². The summed E-state index contributed by atoms with van der Waals surface area (Å²) >= 11 is 0. The summed E-state index contributed by atoms with van der Waals surface area (Å²) in [6.45, 7) is 3.41. The van der Waals surface area contributed by atoms with Gasteiger partial charge in [-0.25, -0.2) is 12.8 Å². The molecule has 4 rings (SSSR count). The fourth-order valence-corrected chi connectivity index (χ4v) is 6.35. The Bertz CT molecular complexity index is 1670. The van der Waals surface area contributed by atoms with Crippen molar-refractivity contribution in [2.75, 3.05) is 24.0 Å². The van der Waals surface area contributed by atoms with Gasteiger partial charge in [0.2, 0.25) is 11.8 Å². The Morgan fingerprint density at radius 2 is 1.47 bits per heavy atom. The Labute approximate surface area is 264 Å². The Balaban J connectivity index is 1.83. The highest BCUT2D eigenvalue weighted by Gasteiger charge is 2.35. The molecule has 0 spiro atoms. The van der Waals surface area contributed by atoms with E-state index in [-0.39, 0.29) is 41.5 Å². The van der Waals surface area contributed by atoms with Crippen LogP contribution in [0.1, 0.15) is 31.4 Å². The predicted molar refractivity (Wildman–Crippen MR) is 173 cm³/mol. The molecule has 0 aliphatic carbocycles. The Hall–Kier alpha value is -4.70. The van der Waals surface area contributed by atoms with E-state index in [9.17, 15) is 18.0 Å². The first-order chi connectivity index (χ1) is 21.8. The van der Waals surface area contributed by atoms with Crippen LogP contribution >= 0.6 is 0 Å². The zero-order chi connectivity index (χ0) is 32.2. The van der Waals surface area contributed by atoms with Gasteiger partial charge in [0.15, 0.2) is 0 Å². The highest BCUT2D eigenvalue weighted by atomic mass is 32.2. The molecule has 0 heterocycles. The predicted octanol–water partition coefficient (Wildman–Crippen LogP) is 5.59. The maximum Gasteiger partial charge on any atom is 0.264 e. The van der Waals surface area contributed by atoms with Crippen LogP contribution in [-0.4, -0.2) is 50.9 Å². The van der Waals surface area contributed by atoms with E-state index in [1.807, 2.05) is 37.3 Å². The van der Waals surface area contributed by atoms with E-state index in [1.54, 1.807) is 67.6 Å². The second-order valence-electron chi connectivity index (χ2n) is 10.3. The summed E-state index contributed by atoms with van der Waals surface area (Å²) in [5.74, 6) is -1.37. The number of ether oxygens (including phenoxy) is 1. The van der Waals surface area contributed by atoms with Gasteiger partial charge in [-0.3, -0.25) is 13.9 Å². The number of hydrogen-bond donors (Lipinski definition) is 1. The van der Waals surface area contributed by atoms with Crippen LogP contribution in [0.15, 0.2) is 114 Å². The van der Waals surface area contributed by atoms with E-state index in [0.29, 0.717) is 13.0 Å². The van der Waals surface area contributed by atoms with Gasteiger partial charge < -0.3 is 15.0 Å². The molecule has 8 nitrogen and oxygen atoms in total. The molecule has 4 aromatic rings. The Morgan fingerprint density at radius 1 is 0.844 bits per heavy atom. The fourth-order valence-electron chi connectivity index (χ4n) is 4.90. The summed E-state index contributed by atoms with van der Waals surface area (Å²) in [5.41, 5.74) is 1.15. The van der Waals surface area contributed by atoms with Crippen molar-refractivity contribution >= 4 is 27.5 Å². The number of rotatable bonds is 15. The van der Waals surface area contributed by atoms with Crippen molar-refractivity contribution in [2.24, 2.45) is 0 Å². The number of anilines is 1. The molecule has 4 aromatic carbocycles. The molecular formula is C35H38FN3O5S. The first kappa shape index (κ1) is 33.2. The quantitative estimate of drug-likeness (QED) is 0.185. The molecule has 0 radical (unpaired) electrons. The molecule has 0 bridgehead atoms. The minimum Gasteiger partial charge on any atom is -0.492 e. The number of hydrogen-bond acceptors (Lipinski definition) is 5. The lowest BCUT2D eigenvalue weighted by Crippen LogP contribution is -2.53. The minimum absolute atomic E-state index is 0.0220. The van der Waals surface area contributed by atoms with Crippen LogP contribution in [-0.2, 0) is 32.6 Å². The van der Waals surface area contributed by atoms with E-state index in [2.05, 4.69) is 5.32 Å².